The van der Waals surface area contributed by atoms with E-state index in [-0.39, 0.29) is 0 Å². The maximum atomic E-state index is 12.1. The molecule has 0 aliphatic carbocycles. The van der Waals surface area contributed by atoms with Gasteiger partial charge in [-0.25, -0.2) is 0 Å². The van der Waals surface area contributed by atoms with Crippen molar-refractivity contribution in [3.63, 3.8) is 0 Å². The number of hydrogen-bond donors (Lipinski definition) is 2. The van der Waals surface area contributed by atoms with Gasteiger partial charge in [0.2, 0.25) is 0 Å². The second-order valence-electron chi connectivity index (χ2n) is 3.28. The Labute approximate surface area is 109 Å². The molecule has 1 rings (SSSR count). The highest BCUT2D eigenvalue weighted by Gasteiger charge is 2.04. The molecule has 6 heteroatoms. The summed E-state index contributed by atoms with van der Waals surface area (Å²) in [5, 5.41) is 6.55. The van der Waals surface area contributed by atoms with Crippen molar-refractivity contribution < 1.29 is 8.78 Å². The van der Waals surface area contributed by atoms with Crippen molar-refractivity contribution in [3.05, 3.63) is 24.3 Å². The van der Waals surface area contributed by atoms with E-state index in [1.54, 1.807) is 24.3 Å². The highest BCUT2D eigenvalue weighted by Crippen LogP contribution is 2.26. The Morgan fingerprint density at radius 1 is 1.35 bits per heavy atom. The third-order valence-corrected chi connectivity index (χ3v) is 2.84. The Morgan fingerprint density at radius 2 is 2.00 bits per heavy atom. The molecule has 0 saturated carbocycles. The van der Waals surface area contributed by atoms with E-state index in [9.17, 15) is 8.78 Å². The van der Waals surface area contributed by atoms with Gasteiger partial charge in [0.15, 0.2) is 5.11 Å². The molecule has 2 N–H and O–H groups in total. The molecule has 0 fully saturated rings. The summed E-state index contributed by atoms with van der Waals surface area (Å²) in [4.78, 5) is 0.540. The maximum absolute atomic E-state index is 12.1. The Morgan fingerprint density at radius 3 is 2.53 bits per heavy atom. The van der Waals surface area contributed by atoms with E-state index in [1.807, 2.05) is 6.92 Å². The summed E-state index contributed by atoms with van der Waals surface area (Å²) in [6, 6.07) is 6.73. The van der Waals surface area contributed by atoms with Crippen LogP contribution in [0.1, 0.15) is 13.3 Å². The highest BCUT2D eigenvalue weighted by molar-refractivity contribution is 7.99. The van der Waals surface area contributed by atoms with E-state index in [0.29, 0.717) is 21.8 Å². The summed E-state index contributed by atoms with van der Waals surface area (Å²) in [6.07, 6.45) is 0.992. The van der Waals surface area contributed by atoms with Crippen LogP contribution in [0, 0.1) is 0 Å². The smallest absolute Gasteiger partial charge is 0.288 e. The van der Waals surface area contributed by atoms with Crippen molar-refractivity contribution in [2.75, 3.05) is 11.9 Å². The van der Waals surface area contributed by atoms with E-state index >= 15 is 0 Å². The lowest BCUT2D eigenvalue weighted by molar-refractivity contribution is 0.252. The van der Waals surface area contributed by atoms with Gasteiger partial charge in [-0.3, -0.25) is 0 Å². The molecule has 0 aromatic heterocycles. The summed E-state index contributed by atoms with van der Waals surface area (Å²) >= 11 is 5.59. The van der Waals surface area contributed by atoms with Crippen molar-refractivity contribution >= 4 is 34.8 Å². The first-order valence-corrected chi connectivity index (χ1v) is 6.50. The summed E-state index contributed by atoms with van der Waals surface area (Å²) in [5.41, 5.74) is 0.789. The number of nitrogens with one attached hydrogen (secondary N) is 2. The fourth-order valence-electron chi connectivity index (χ4n) is 1.13. The number of rotatable bonds is 5. The Kier molecular flexibility index (Phi) is 6.21. The molecule has 0 aliphatic heterocycles. The van der Waals surface area contributed by atoms with Crippen LogP contribution in [0.2, 0.25) is 0 Å². The van der Waals surface area contributed by atoms with Crippen LogP contribution in [-0.2, 0) is 0 Å². The van der Waals surface area contributed by atoms with Crippen LogP contribution in [0.15, 0.2) is 29.2 Å². The lowest BCUT2D eigenvalue weighted by Gasteiger charge is -2.09. The topological polar surface area (TPSA) is 24.1 Å². The normalized spacial score (nSPS) is 10.4. The minimum absolute atomic E-state index is 0.530. The molecule has 0 aliphatic rings. The monoisotopic (exact) mass is 276 g/mol. The zero-order valence-electron chi connectivity index (χ0n) is 9.37. The molecule has 0 heterocycles. The first kappa shape index (κ1) is 14.2. The molecule has 2 nitrogen and oxygen atoms in total. The van der Waals surface area contributed by atoms with Gasteiger partial charge in [0.25, 0.3) is 5.76 Å². The van der Waals surface area contributed by atoms with Gasteiger partial charge in [0, 0.05) is 17.1 Å². The van der Waals surface area contributed by atoms with Crippen LogP contribution in [0.25, 0.3) is 0 Å². The molecular formula is C11H14F2N2S2. The van der Waals surface area contributed by atoms with Crippen molar-refractivity contribution in [2.24, 2.45) is 0 Å². The molecule has 0 amide bonds. The van der Waals surface area contributed by atoms with Gasteiger partial charge >= 0.3 is 0 Å². The van der Waals surface area contributed by atoms with Crippen LogP contribution in [0.3, 0.4) is 0 Å². The standard InChI is InChI=1S/C11H14F2N2S2/c1-2-7-14-11(16)15-8-3-5-9(6-4-8)17-10(12)13/h3-6,10H,2,7H2,1H3,(H2,14,15,16). The van der Waals surface area contributed by atoms with Gasteiger partial charge in [-0.2, -0.15) is 8.78 Å². The zero-order valence-corrected chi connectivity index (χ0v) is 11.0. The van der Waals surface area contributed by atoms with Gasteiger partial charge in [0.1, 0.15) is 0 Å². The molecule has 94 valence electrons. The van der Waals surface area contributed by atoms with Gasteiger partial charge in [-0.1, -0.05) is 18.7 Å². The van der Waals surface area contributed by atoms with Crippen LogP contribution in [0.4, 0.5) is 14.5 Å². The van der Waals surface area contributed by atoms with Crippen LogP contribution in [-0.4, -0.2) is 17.4 Å². The molecule has 0 spiro atoms. The largest absolute Gasteiger partial charge is 0.362 e. The van der Waals surface area contributed by atoms with Crippen LogP contribution in [0.5, 0.6) is 0 Å². The summed E-state index contributed by atoms with van der Waals surface area (Å²) in [5.74, 6) is -2.39. The predicted octanol–water partition coefficient (Wildman–Crippen LogP) is 3.70. The molecule has 17 heavy (non-hydrogen) atoms. The Balaban J connectivity index is 2.47. The number of benzene rings is 1. The van der Waals surface area contributed by atoms with E-state index < -0.39 is 5.76 Å². The molecule has 0 saturated heterocycles. The molecular weight excluding hydrogens is 262 g/mol. The van der Waals surface area contributed by atoms with Gasteiger partial charge in [-0.05, 0) is 42.9 Å². The van der Waals surface area contributed by atoms with E-state index in [1.165, 1.54) is 0 Å². The second kappa shape index (κ2) is 7.45. The SMILES string of the molecule is CCCNC(=S)Nc1ccc(SC(F)F)cc1. The van der Waals surface area contributed by atoms with Crippen LogP contribution >= 0.6 is 24.0 Å². The zero-order chi connectivity index (χ0) is 12.7. The lowest BCUT2D eigenvalue weighted by atomic mass is 10.3. The number of alkyl halides is 2. The van der Waals surface area contributed by atoms with Crippen molar-refractivity contribution in [1.82, 2.24) is 5.32 Å². The Hall–Kier alpha value is -0.880. The third kappa shape index (κ3) is 5.83. The summed E-state index contributed by atoms with van der Waals surface area (Å²) in [6.45, 7) is 2.86. The minimum atomic E-state index is -2.39. The van der Waals surface area contributed by atoms with Crippen LogP contribution < -0.4 is 10.6 Å². The highest BCUT2D eigenvalue weighted by atomic mass is 32.2. The quantitative estimate of drug-likeness (QED) is 0.632. The summed E-state index contributed by atoms with van der Waals surface area (Å²) < 4.78 is 24.2. The average Bonchev–Trinajstić information content (AvgIpc) is 2.28. The van der Waals surface area contributed by atoms with Gasteiger partial charge < -0.3 is 10.6 Å². The van der Waals surface area contributed by atoms with Crippen molar-refractivity contribution in [2.45, 2.75) is 24.0 Å². The molecule has 0 radical (unpaired) electrons. The Bertz CT molecular complexity index is 355. The first-order valence-electron chi connectivity index (χ1n) is 5.21. The predicted molar refractivity (Wildman–Crippen MR) is 72.8 cm³/mol. The number of thiocarbonyl (C=S) groups is 1. The molecule has 1 aromatic rings. The van der Waals surface area contributed by atoms with Crippen molar-refractivity contribution in [3.8, 4) is 0 Å². The van der Waals surface area contributed by atoms with E-state index in [4.69, 9.17) is 12.2 Å². The fraction of sp³-hybridized carbons (Fsp3) is 0.364. The number of anilines is 1. The summed E-state index contributed by atoms with van der Waals surface area (Å²) in [7, 11) is 0. The maximum Gasteiger partial charge on any atom is 0.288 e. The molecule has 1 aromatic carbocycles. The van der Waals surface area contributed by atoms with E-state index in [0.717, 1.165) is 18.7 Å². The molecule has 0 unspecified atom stereocenters. The lowest BCUT2D eigenvalue weighted by Crippen LogP contribution is -2.28. The number of halogens is 2. The minimum Gasteiger partial charge on any atom is -0.362 e. The van der Waals surface area contributed by atoms with E-state index in [2.05, 4.69) is 10.6 Å². The third-order valence-electron chi connectivity index (χ3n) is 1.87. The van der Waals surface area contributed by atoms with Crippen molar-refractivity contribution in [1.29, 1.82) is 0 Å². The molecule has 0 bridgehead atoms. The van der Waals surface area contributed by atoms with Gasteiger partial charge in [0.05, 0.1) is 0 Å². The fourth-order valence-corrected chi connectivity index (χ4v) is 1.85. The first-order chi connectivity index (χ1) is 8.11. The molecule has 0 atom stereocenters. The van der Waals surface area contributed by atoms with Gasteiger partial charge in [-0.15, -0.1) is 0 Å². The number of thioether (sulfide) groups is 1. The number of hydrogen-bond acceptors (Lipinski definition) is 2. The second-order valence-corrected chi connectivity index (χ2v) is 4.76. The average molecular weight is 276 g/mol.